The maximum Gasteiger partial charge on any atom is 0.297 e. The van der Waals surface area contributed by atoms with E-state index in [9.17, 15) is 8.42 Å². The molecule has 0 aliphatic carbocycles. The van der Waals surface area contributed by atoms with Crippen LogP contribution in [0, 0.1) is 0 Å². The lowest BCUT2D eigenvalue weighted by Crippen LogP contribution is -2.15. The molecule has 1 saturated heterocycles. The second kappa shape index (κ2) is 6.21. The highest BCUT2D eigenvalue weighted by Crippen LogP contribution is 2.24. The highest BCUT2D eigenvalue weighted by Gasteiger charge is 2.26. The number of ether oxygens (including phenoxy) is 1. The van der Waals surface area contributed by atoms with Crippen molar-refractivity contribution in [1.82, 2.24) is 14.8 Å². The Balaban J connectivity index is 1.70. The molecular formula is C15H22N4O4S. The quantitative estimate of drug-likeness (QED) is 0.883. The first-order chi connectivity index (χ1) is 11.2. The molecule has 1 aliphatic rings. The van der Waals surface area contributed by atoms with E-state index < -0.39 is 10.0 Å². The second-order valence-electron chi connectivity index (χ2n) is 6.93. The highest BCUT2D eigenvalue weighted by molar-refractivity contribution is 7.92. The van der Waals surface area contributed by atoms with E-state index in [1.165, 1.54) is 12.4 Å². The van der Waals surface area contributed by atoms with Crippen LogP contribution in [-0.4, -0.2) is 35.9 Å². The molecule has 2 aromatic heterocycles. The summed E-state index contributed by atoms with van der Waals surface area (Å²) >= 11 is 0. The van der Waals surface area contributed by atoms with Crippen LogP contribution in [0.15, 0.2) is 28.1 Å². The van der Waals surface area contributed by atoms with Gasteiger partial charge in [-0.2, -0.15) is 13.5 Å². The van der Waals surface area contributed by atoms with Gasteiger partial charge in [0.05, 0.1) is 30.7 Å². The number of anilines is 1. The van der Waals surface area contributed by atoms with Gasteiger partial charge in [-0.15, -0.1) is 0 Å². The van der Waals surface area contributed by atoms with Gasteiger partial charge in [0.1, 0.15) is 0 Å². The first-order valence-corrected chi connectivity index (χ1v) is 9.35. The molecule has 9 heteroatoms. The molecule has 3 rings (SSSR count). The normalized spacial score (nSPS) is 18.9. The predicted octanol–water partition coefficient (Wildman–Crippen LogP) is 2.15. The van der Waals surface area contributed by atoms with E-state index in [1.54, 1.807) is 10.9 Å². The summed E-state index contributed by atoms with van der Waals surface area (Å²) in [5.74, 6) is 0.372. The molecule has 0 spiro atoms. The van der Waals surface area contributed by atoms with Crippen LogP contribution in [0.25, 0.3) is 0 Å². The maximum absolute atomic E-state index is 12.4. The van der Waals surface area contributed by atoms with Gasteiger partial charge in [0.15, 0.2) is 0 Å². The van der Waals surface area contributed by atoms with E-state index in [4.69, 9.17) is 9.15 Å². The summed E-state index contributed by atoms with van der Waals surface area (Å²) < 4.78 is 39.9. The number of hydrogen-bond acceptors (Lipinski definition) is 6. The van der Waals surface area contributed by atoms with Gasteiger partial charge in [-0.05, 0) is 12.8 Å². The fraction of sp³-hybridized carbons (Fsp3) is 0.600. The van der Waals surface area contributed by atoms with Crippen molar-refractivity contribution < 1.29 is 17.6 Å². The number of sulfonamides is 1. The fourth-order valence-corrected chi connectivity index (χ4v) is 3.35. The second-order valence-corrected chi connectivity index (χ2v) is 8.54. The molecule has 0 amide bonds. The van der Waals surface area contributed by atoms with E-state index in [2.05, 4.69) is 14.8 Å². The van der Waals surface area contributed by atoms with Crippen molar-refractivity contribution in [3.05, 3.63) is 24.5 Å². The van der Waals surface area contributed by atoms with Crippen LogP contribution in [0.1, 0.15) is 39.5 Å². The average molecular weight is 354 g/mol. The Labute approximate surface area is 141 Å². The van der Waals surface area contributed by atoms with Gasteiger partial charge in [-0.25, -0.2) is 4.98 Å². The molecule has 3 heterocycles. The third kappa shape index (κ3) is 3.78. The number of rotatable bonds is 5. The molecule has 1 unspecified atom stereocenters. The van der Waals surface area contributed by atoms with E-state index in [-0.39, 0.29) is 16.6 Å². The number of aromatic nitrogens is 3. The molecule has 8 nitrogen and oxygen atoms in total. The van der Waals surface area contributed by atoms with Gasteiger partial charge in [0, 0.05) is 18.2 Å². The average Bonchev–Trinajstić information content (AvgIpc) is 3.18. The summed E-state index contributed by atoms with van der Waals surface area (Å²) in [6, 6.07) is 0. The van der Waals surface area contributed by atoms with Crippen molar-refractivity contribution in [3.8, 4) is 0 Å². The number of oxazole rings is 1. The standard InChI is InChI=1S/C15H22N4O4S/c1-15(2,3)14-16-8-13(23-14)24(20,21)18-11-7-17-19(9-11)10-12-5-4-6-22-12/h7-9,12,18H,4-6,10H2,1-3H3. The lowest BCUT2D eigenvalue weighted by molar-refractivity contribution is 0.0940. The van der Waals surface area contributed by atoms with Crippen LogP contribution in [0.3, 0.4) is 0 Å². The van der Waals surface area contributed by atoms with Gasteiger partial charge < -0.3 is 9.15 Å². The lowest BCUT2D eigenvalue weighted by atomic mass is 9.97. The molecule has 0 aromatic carbocycles. The molecule has 1 fully saturated rings. The Bertz CT molecular complexity index is 798. The zero-order chi connectivity index (χ0) is 17.4. The Morgan fingerprint density at radius 1 is 1.38 bits per heavy atom. The van der Waals surface area contributed by atoms with Crippen LogP contribution in [0.5, 0.6) is 0 Å². The maximum atomic E-state index is 12.4. The topological polar surface area (TPSA) is 99.2 Å². The minimum absolute atomic E-state index is 0.137. The van der Waals surface area contributed by atoms with Gasteiger partial charge in [-0.3, -0.25) is 9.40 Å². The van der Waals surface area contributed by atoms with Crippen molar-refractivity contribution in [2.24, 2.45) is 0 Å². The number of nitrogens with one attached hydrogen (secondary N) is 1. The summed E-state index contributed by atoms with van der Waals surface area (Å²) in [5.41, 5.74) is 0.0154. The fourth-order valence-electron chi connectivity index (χ4n) is 2.45. The molecule has 2 aromatic rings. The minimum Gasteiger partial charge on any atom is -0.427 e. The molecule has 0 saturated carbocycles. The minimum atomic E-state index is -3.83. The molecule has 1 N–H and O–H groups in total. The van der Waals surface area contributed by atoms with Crippen molar-refractivity contribution in [2.75, 3.05) is 11.3 Å². The van der Waals surface area contributed by atoms with E-state index in [0.29, 0.717) is 18.1 Å². The summed E-state index contributed by atoms with van der Waals surface area (Å²) in [5, 5.41) is 3.96. The predicted molar refractivity (Wildman–Crippen MR) is 87.2 cm³/mol. The Kier molecular flexibility index (Phi) is 4.39. The Hall–Kier alpha value is -1.87. The van der Waals surface area contributed by atoms with Crippen LogP contribution in [0.2, 0.25) is 0 Å². The monoisotopic (exact) mass is 354 g/mol. The summed E-state index contributed by atoms with van der Waals surface area (Å²) in [7, 11) is -3.83. The smallest absolute Gasteiger partial charge is 0.297 e. The lowest BCUT2D eigenvalue weighted by Gasteiger charge is -2.12. The third-order valence-corrected chi connectivity index (χ3v) is 4.91. The van der Waals surface area contributed by atoms with E-state index in [0.717, 1.165) is 19.4 Å². The molecule has 0 radical (unpaired) electrons. The Morgan fingerprint density at radius 3 is 2.79 bits per heavy atom. The zero-order valence-electron chi connectivity index (χ0n) is 14.0. The SMILES string of the molecule is CC(C)(C)c1ncc(S(=O)(=O)Nc2cnn(CC3CCCO3)c2)o1. The molecule has 0 bridgehead atoms. The van der Waals surface area contributed by atoms with Crippen molar-refractivity contribution >= 4 is 15.7 Å². The van der Waals surface area contributed by atoms with Gasteiger partial charge in [0.25, 0.3) is 15.1 Å². The number of nitrogens with zero attached hydrogens (tertiary/aromatic N) is 3. The highest BCUT2D eigenvalue weighted by atomic mass is 32.2. The first kappa shape index (κ1) is 17.0. The first-order valence-electron chi connectivity index (χ1n) is 7.87. The largest absolute Gasteiger partial charge is 0.427 e. The van der Waals surface area contributed by atoms with Crippen LogP contribution >= 0.6 is 0 Å². The van der Waals surface area contributed by atoms with Crippen LogP contribution < -0.4 is 4.72 Å². The van der Waals surface area contributed by atoms with Crippen molar-refractivity contribution in [3.63, 3.8) is 0 Å². The molecule has 132 valence electrons. The number of hydrogen-bond donors (Lipinski definition) is 1. The molecule has 1 aliphatic heterocycles. The molecular weight excluding hydrogens is 332 g/mol. The van der Waals surface area contributed by atoms with E-state index >= 15 is 0 Å². The summed E-state index contributed by atoms with van der Waals surface area (Å²) in [6.07, 6.45) is 6.51. The zero-order valence-corrected chi connectivity index (χ0v) is 14.8. The van der Waals surface area contributed by atoms with E-state index in [1.807, 2.05) is 20.8 Å². The van der Waals surface area contributed by atoms with Crippen LogP contribution in [-0.2, 0) is 26.7 Å². The van der Waals surface area contributed by atoms with Gasteiger partial charge >= 0.3 is 0 Å². The van der Waals surface area contributed by atoms with Crippen LogP contribution in [0.4, 0.5) is 5.69 Å². The third-order valence-electron chi connectivity index (χ3n) is 3.69. The van der Waals surface area contributed by atoms with Gasteiger partial charge in [0.2, 0.25) is 5.89 Å². The molecule has 1 atom stereocenters. The van der Waals surface area contributed by atoms with Gasteiger partial charge in [-0.1, -0.05) is 20.8 Å². The molecule has 24 heavy (non-hydrogen) atoms. The van der Waals surface area contributed by atoms with Crippen molar-refractivity contribution in [1.29, 1.82) is 0 Å². The Morgan fingerprint density at radius 2 is 2.17 bits per heavy atom. The summed E-state index contributed by atoms with van der Waals surface area (Å²) in [4.78, 5) is 4.05. The summed E-state index contributed by atoms with van der Waals surface area (Å²) in [6.45, 7) is 7.08. The van der Waals surface area contributed by atoms with Crippen molar-refractivity contribution in [2.45, 2.75) is 56.8 Å².